The predicted molar refractivity (Wildman–Crippen MR) is 144 cm³/mol. The number of pyridine rings is 2. The lowest BCUT2D eigenvalue weighted by atomic mass is 10.0. The van der Waals surface area contributed by atoms with Gasteiger partial charge in [0.1, 0.15) is 5.82 Å². The minimum atomic E-state index is -0.576. The minimum absolute atomic E-state index is 0.146. The third kappa shape index (κ3) is 6.54. The Labute approximate surface area is 222 Å². The number of aryl methyl sites for hydroxylation is 1. The van der Waals surface area contributed by atoms with Crippen molar-refractivity contribution >= 4 is 46.4 Å². The van der Waals surface area contributed by atoms with Crippen LogP contribution >= 0.6 is 23.2 Å². The van der Waals surface area contributed by atoms with Crippen LogP contribution in [0.3, 0.4) is 0 Å². The monoisotopic (exact) mass is 539 g/mol. The van der Waals surface area contributed by atoms with Gasteiger partial charge in [0.2, 0.25) is 5.82 Å². The Bertz CT molecular complexity index is 1430. The van der Waals surface area contributed by atoms with Crippen LogP contribution in [0.25, 0.3) is 11.1 Å². The smallest absolute Gasteiger partial charge is 0.311 e. The summed E-state index contributed by atoms with van der Waals surface area (Å²) in [7, 11) is 0. The van der Waals surface area contributed by atoms with E-state index in [0.717, 1.165) is 5.56 Å². The van der Waals surface area contributed by atoms with Crippen molar-refractivity contribution in [3.05, 3.63) is 98.5 Å². The molecule has 0 atom stereocenters. The highest BCUT2D eigenvalue weighted by Crippen LogP contribution is 2.33. The number of halogens is 2. The van der Waals surface area contributed by atoms with E-state index in [1.165, 1.54) is 12.1 Å². The summed E-state index contributed by atoms with van der Waals surface area (Å²) in [6, 6.07) is 11.7. The Hall–Kier alpha value is -4.15. The Balaban J connectivity index is 1.47. The van der Waals surface area contributed by atoms with Crippen LogP contribution in [0.5, 0.6) is 0 Å². The Kier molecular flexibility index (Phi) is 8.22. The molecule has 190 valence electrons. The lowest BCUT2D eigenvalue weighted by molar-refractivity contribution is -0.384. The fourth-order valence-electron chi connectivity index (χ4n) is 3.72. The highest BCUT2D eigenvalue weighted by molar-refractivity contribution is 6.36. The number of nitrogen functional groups attached to an aromatic ring is 1. The van der Waals surface area contributed by atoms with Crippen LogP contribution in [0, 0.1) is 10.1 Å². The predicted octanol–water partition coefficient (Wildman–Crippen LogP) is 5.17. The number of nitro groups is 1. The molecule has 4 aromatic rings. The highest BCUT2D eigenvalue weighted by Gasteiger charge is 2.18. The van der Waals surface area contributed by atoms with Crippen LogP contribution in [-0.4, -0.2) is 31.9 Å². The number of hydrogen-bond donors (Lipinski definition) is 3. The molecule has 0 saturated carbocycles. The second-order valence-electron chi connectivity index (χ2n) is 8.12. The molecule has 0 aliphatic carbocycles. The second kappa shape index (κ2) is 11.7. The number of amides is 1. The summed E-state index contributed by atoms with van der Waals surface area (Å²) in [5, 5.41) is 17.9. The van der Waals surface area contributed by atoms with Gasteiger partial charge in [0.25, 0.3) is 5.91 Å². The van der Waals surface area contributed by atoms with Crippen molar-refractivity contribution in [3.63, 3.8) is 0 Å². The van der Waals surface area contributed by atoms with E-state index >= 15 is 0 Å². The van der Waals surface area contributed by atoms with Gasteiger partial charge in [-0.05, 0) is 42.3 Å². The minimum Gasteiger partial charge on any atom is -0.378 e. The summed E-state index contributed by atoms with van der Waals surface area (Å²) in [5.74, 6) is 0.0630. The van der Waals surface area contributed by atoms with Crippen molar-refractivity contribution in [1.29, 1.82) is 0 Å². The molecule has 0 fully saturated rings. The third-order valence-corrected chi connectivity index (χ3v) is 6.09. The largest absolute Gasteiger partial charge is 0.378 e. The van der Waals surface area contributed by atoms with Crippen LogP contribution < -0.4 is 16.4 Å². The van der Waals surface area contributed by atoms with Crippen molar-refractivity contribution in [2.24, 2.45) is 0 Å². The van der Waals surface area contributed by atoms with Gasteiger partial charge in [-0.1, -0.05) is 29.3 Å². The average molecular weight is 540 g/mol. The molecule has 3 aromatic heterocycles. The summed E-state index contributed by atoms with van der Waals surface area (Å²) in [6.45, 7) is 1.48. The van der Waals surface area contributed by atoms with Gasteiger partial charge in [-0.25, -0.2) is 4.98 Å². The van der Waals surface area contributed by atoms with E-state index < -0.39 is 4.92 Å². The first-order valence-corrected chi connectivity index (χ1v) is 12.0. The van der Waals surface area contributed by atoms with Crippen molar-refractivity contribution in [3.8, 4) is 11.1 Å². The zero-order valence-electron chi connectivity index (χ0n) is 19.5. The maximum absolute atomic E-state index is 13.1. The number of aromatic nitrogens is 3. The lowest BCUT2D eigenvalue weighted by Crippen LogP contribution is -2.23. The second-order valence-corrected chi connectivity index (χ2v) is 8.97. The normalized spacial score (nSPS) is 10.8. The molecule has 12 heteroatoms. The fourth-order valence-corrected chi connectivity index (χ4v) is 4.23. The van der Waals surface area contributed by atoms with Crippen molar-refractivity contribution < 1.29 is 9.72 Å². The van der Waals surface area contributed by atoms with Crippen molar-refractivity contribution in [1.82, 2.24) is 19.9 Å². The van der Waals surface area contributed by atoms with E-state index in [9.17, 15) is 14.9 Å². The molecule has 0 saturated heterocycles. The van der Waals surface area contributed by atoms with E-state index in [1.807, 2.05) is 22.9 Å². The highest BCUT2D eigenvalue weighted by atomic mass is 35.5. The summed E-state index contributed by atoms with van der Waals surface area (Å²) in [4.78, 5) is 31.5. The van der Waals surface area contributed by atoms with Gasteiger partial charge < -0.3 is 20.9 Å². The van der Waals surface area contributed by atoms with E-state index in [-0.39, 0.29) is 17.4 Å². The molecular formula is C25H23Cl2N7O3. The molecule has 0 aliphatic rings. The number of rotatable bonds is 10. The van der Waals surface area contributed by atoms with Gasteiger partial charge in [0, 0.05) is 71.7 Å². The number of carbonyl (C=O) groups is 1. The Morgan fingerprint density at radius 3 is 2.57 bits per heavy atom. The molecule has 37 heavy (non-hydrogen) atoms. The first kappa shape index (κ1) is 25.9. The molecule has 4 rings (SSSR count). The van der Waals surface area contributed by atoms with Crippen molar-refractivity contribution in [2.75, 3.05) is 17.6 Å². The molecule has 0 aliphatic heterocycles. The maximum atomic E-state index is 13.1. The van der Waals surface area contributed by atoms with Crippen LogP contribution in [0.4, 0.5) is 17.3 Å². The van der Waals surface area contributed by atoms with E-state index in [2.05, 4.69) is 20.6 Å². The average Bonchev–Trinajstić information content (AvgIpc) is 3.29. The lowest BCUT2D eigenvalue weighted by Gasteiger charge is -2.08. The maximum Gasteiger partial charge on any atom is 0.311 e. The first-order valence-electron chi connectivity index (χ1n) is 11.3. The Morgan fingerprint density at radius 1 is 1.08 bits per heavy atom. The van der Waals surface area contributed by atoms with Gasteiger partial charge in [0.15, 0.2) is 0 Å². The number of hydrogen-bond acceptors (Lipinski definition) is 7. The van der Waals surface area contributed by atoms with Gasteiger partial charge in [0.05, 0.1) is 10.5 Å². The van der Waals surface area contributed by atoms with E-state index in [4.69, 9.17) is 28.9 Å². The van der Waals surface area contributed by atoms with Crippen molar-refractivity contribution in [2.45, 2.75) is 19.5 Å². The number of benzene rings is 1. The summed E-state index contributed by atoms with van der Waals surface area (Å²) in [6.07, 6.45) is 7.68. The molecule has 0 radical (unpaired) electrons. The first-order chi connectivity index (χ1) is 17.8. The summed E-state index contributed by atoms with van der Waals surface area (Å²) in [5.41, 5.74) is 8.21. The van der Waals surface area contributed by atoms with E-state index in [1.54, 1.807) is 36.8 Å². The van der Waals surface area contributed by atoms with Gasteiger partial charge in [-0.15, -0.1) is 0 Å². The Morgan fingerprint density at radius 2 is 1.86 bits per heavy atom. The van der Waals surface area contributed by atoms with Gasteiger partial charge >= 0.3 is 5.69 Å². The molecule has 1 aromatic carbocycles. The molecule has 4 N–H and O–H groups in total. The number of nitrogens with one attached hydrogen (secondary N) is 2. The molecule has 10 nitrogen and oxygen atoms in total. The number of nitrogens with two attached hydrogens (primary N) is 1. The third-order valence-electron chi connectivity index (χ3n) is 5.55. The van der Waals surface area contributed by atoms with Crippen LogP contribution in [0.1, 0.15) is 22.3 Å². The molecule has 3 heterocycles. The molecule has 1 amide bonds. The topological polar surface area (TPSA) is 141 Å². The van der Waals surface area contributed by atoms with Crippen LogP contribution in [-0.2, 0) is 13.1 Å². The number of anilines is 2. The number of nitrogens with zero attached hydrogens (tertiary/aromatic N) is 4. The van der Waals surface area contributed by atoms with E-state index in [0.29, 0.717) is 58.6 Å². The van der Waals surface area contributed by atoms with Gasteiger partial charge in [-0.2, -0.15) is 0 Å². The molecular weight excluding hydrogens is 517 g/mol. The zero-order valence-corrected chi connectivity index (χ0v) is 21.0. The summed E-state index contributed by atoms with van der Waals surface area (Å²) >= 11 is 12.5. The summed E-state index contributed by atoms with van der Waals surface area (Å²) < 4.78 is 1.92. The molecule has 0 unspecified atom stereocenters. The van der Waals surface area contributed by atoms with Gasteiger partial charge in [-0.3, -0.25) is 19.9 Å². The number of carbonyl (C=O) groups excluding carboxylic acids is 1. The molecule has 0 spiro atoms. The van der Waals surface area contributed by atoms with Crippen LogP contribution in [0.2, 0.25) is 10.0 Å². The fraction of sp³-hybridized carbons (Fsp3) is 0.160. The quantitative estimate of drug-likeness (QED) is 0.143. The molecule has 0 bridgehead atoms. The zero-order chi connectivity index (χ0) is 26.4. The standard InChI is InChI=1S/C25H23Cl2N7O3/c26-17-2-3-18(21(27)12-17)19-14-33(15-20(19)25(35)31-13-16-6-9-29-10-7-16)11-1-8-30-23-5-4-22(34(36)37)24(28)32-23/h2-7,9-10,12,14-15H,1,8,11,13H2,(H,31,35)(H3,28,30,32). The van der Waals surface area contributed by atoms with Crippen LogP contribution in [0.15, 0.2) is 67.3 Å². The SMILES string of the molecule is Nc1nc(NCCCn2cc(C(=O)NCc3ccncc3)c(-c3ccc(Cl)cc3Cl)c2)ccc1[N+](=O)[O-].